The highest BCUT2D eigenvalue weighted by molar-refractivity contribution is 5.78. The van der Waals surface area contributed by atoms with Crippen molar-refractivity contribution in [1.29, 1.82) is 0 Å². The van der Waals surface area contributed by atoms with Gasteiger partial charge >= 0.3 is 0 Å². The van der Waals surface area contributed by atoms with E-state index >= 15 is 0 Å². The van der Waals surface area contributed by atoms with Crippen molar-refractivity contribution in [3.63, 3.8) is 0 Å². The molecular formula is C20H20N4O2+2. The molecule has 130 valence electrons. The van der Waals surface area contributed by atoms with Gasteiger partial charge in [-0.3, -0.25) is 0 Å². The molecule has 6 nitrogen and oxygen atoms in total. The largest absolute Gasteiger partial charge is 0.411 e. The molecule has 0 aliphatic rings. The Morgan fingerprint density at radius 1 is 0.692 bits per heavy atom. The maximum atomic E-state index is 8.56. The van der Waals surface area contributed by atoms with Crippen LogP contribution in [0.1, 0.15) is 22.3 Å². The van der Waals surface area contributed by atoms with Gasteiger partial charge in [0, 0.05) is 46.5 Å². The number of aromatic nitrogens is 2. The predicted molar refractivity (Wildman–Crippen MR) is 96.7 cm³/mol. The van der Waals surface area contributed by atoms with Crippen LogP contribution in [0.4, 0.5) is 0 Å². The van der Waals surface area contributed by atoms with Gasteiger partial charge in [-0.25, -0.2) is 9.13 Å². The van der Waals surface area contributed by atoms with Gasteiger partial charge in [0.15, 0.2) is 37.9 Å². The van der Waals surface area contributed by atoms with E-state index in [4.69, 9.17) is 10.4 Å². The number of hydrogen-bond donors (Lipinski definition) is 2. The monoisotopic (exact) mass is 348 g/mol. The first-order valence-corrected chi connectivity index (χ1v) is 8.18. The van der Waals surface area contributed by atoms with Crippen LogP contribution in [0.15, 0.2) is 83.6 Å². The molecule has 26 heavy (non-hydrogen) atoms. The number of oxime groups is 2. The second kappa shape index (κ2) is 8.53. The normalized spacial score (nSPS) is 11.4. The van der Waals surface area contributed by atoms with Crippen LogP contribution in [0.2, 0.25) is 0 Å². The van der Waals surface area contributed by atoms with E-state index in [1.54, 1.807) is 0 Å². The third-order valence-electron chi connectivity index (χ3n) is 3.97. The Bertz CT molecular complexity index is 831. The third-order valence-corrected chi connectivity index (χ3v) is 3.97. The van der Waals surface area contributed by atoms with Crippen LogP contribution in [0, 0.1) is 0 Å². The number of hydrogen-bond acceptors (Lipinski definition) is 4. The van der Waals surface area contributed by atoms with Gasteiger partial charge in [0.25, 0.3) is 0 Å². The Morgan fingerprint density at radius 2 is 1.12 bits per heavy atom. The predicted octanol–water partition coefficient (Wildman–Crippen LogP) is 1.97. The summed E-state index contributed by atoms with van der Waals surface area (Å²) in [5.74, 6) is 0. The second-order valence-corrected chi connectivity index (χ2v) is 5.92. The minimum atomic E-state index is 0.765. The fourth-order valence-electron chi connectivity index (χ4n) is 2.70. The van der Waals surface area contributed by atoms with Gasteiger partial charge in [0.05, 0.1) is 12.4 Å². The first-order valence-electron chi connectivity index (χ1n) is 8.18. The fourth-order valence-corrected chi connectivity index (χ4v) is 2.70. The molecule has 3 aromatic rings. The Balaban J connectivity index is 1.69. The lowest BCUT2D eigenvalue weighted by Crippen LogP contribution is -2.34. The summed E-state index contributed by atoms with van der Waals surface area (Å²) in [6.07, 6.45) is 10.6. The van der Waals surface area contributed by atoms with Crippen molar-refractivity contribution in [2.24, 2.45) is 10.3 Å². The lowest BCUT2D eigenvalue weighted by molar-refractivity contribution is -0.689. The molecule has 2 aromatic heterocycles. The van der Waals surface area contributed by atoms with E-state index in [0.717, 1.165) is 24.2 Å². The highest BCUT2D eigenvalue weighted by Gasteiger charge is 2.07. The zero-order valence-electron chi connectivity index (χ0n) is 14.2. The maximum absolute atomic E-state index is 8.56. The first kappa shape index (κ1) is 17.3. The molecule has 0 fully saturated rings. The van der Waals surface area contributed by atoms with Crippen LogP contribution < -0.4 is 9.13 Å². The molecule has 6 heteroatoms. The molecule has 2 N–H and O–H groups in total. The summed E-state index contributed by atoms with van der Waals surface area (Å²) in [6.45, 7) is 1.53. The van der Waals surface area contributed by atoms with Crippen molar-refractivity contribution in [2.75, 3.05) is 0 Å². The summed E-state index contributed by atoms with van der Waals surface area (Å²) < 4.78 is 4.15. The van der Waals surface area contributed by atoms with E-state index in [-0.39, 0.29) is 0 Å². The van der Waals surface area contributed by atoms with Crippen LogP contribution in [0.25, 0.3) is 0 Å². The smallest absolute Gasteiger partial charge is 0.173 e. The van der Waals surface area contributed by atoms with Crippen LogP contribution >= 0.6 is 0 Å². The number of nitrogens with zero attached hydrogens (tertiary/aromatic N) is 4. The molecule has 0 saturated carbocycles. The molecule has 3 rings (SSSR count). The zero-order chi connectivity index (χ0) is 18.2. The fraction of sp³-hybridized carbons (Fsp3) is 0.100. The zero-order valence-corrected chi connectivity index (χ0v) is 14.2. The molecular weight excluding hydrogens is 328 g/mol. The Hall–Kier alpha value is -3.54. The van der Waals surface area contributed by atoms with E-state index in [0.29, 0.717) is 0 Å². The van der Waals surface area contributed by atoms with Gasteiger partial charge in [0.2, 0.25) is 0 Å². The summed E-state index contributed by atoms with van der Waals surface area (Å²) >= 11 is 0. The Kier molecular flexibility index (Phi) is 5.67. The van der Waals surface area contributed by atoms with Gasteiger partial charge in [-0.2, -0.15) is 0 Å². The standard InChI is InChI=1S/C20H18N4O2/c25-21-13-17-4-8-23(9-5-17)15-19-2-1-3-20(12-19)16-24-10-6-18(7-11-24)14-22-26/h1-14H,15-16H2/p+2. The van der Waals surface area contributed by atoms with E-state index in [1.165, 1.54) is 23.6 Å². The first-order chi connectivity index (χ1) is 12.8. The minimum Gasteiger partial charge on any atom is -0.411 e. The molecule has 2 heterocycles. The summed E-state index contributed by atoms with van der Waals surface area (Å²) in [6, 6.07) is 16.0. The molecule has 0 saturated heterocycles. The molecule has 1 aromatic carbocycles. The van der Waals surface area contributed by atoms with Crippen molar-refractivity contribution < 1.29 is 19.5 Å². The molecule has 0 atom stereocenters. The molecule has 0 aliphatic heterocycles. The summed E-state index contributed by atoms with van der Waals surface area (Å²) in [5.41, 5.74) is 4.12. The SMILES string of the molecule is O/N=C\c1cc[n+](Cc2cccc(C[n+]3ccc(/C=N\O)cc3)c2)cc1. The highest BCUT2D eigenvalue weighted by Crippen LogP contribution is 2.05. The molecule has 0 unspecified atom stereocenters. The van der Waals surface area contributed by atoms with Crippen molar-refractivity contribution in [3.8, 4) is 0 Å². The second-order valence-electron chi connectivity index (χ2n) is 5.92. The van der Waals surface area contributed by atoms with E-state index in [1.807, 2.05) is 49.1 Å². The van der Waals surface area contributed by atoms with Gasteiger partial charge in [-0.1, -0.05) is 28.5 Å². The maximum Gasteiger partial charge on any atom is 0.173 e. The van der Waals surface area contributed by atoms with Crippen molar-refractivity contribution in [3.05, 3.63) is 95.6 Å². The molecule has 0 amide bonds. The van der Waals surface area contributed by atoms with Gasteiger partial charge < -0.3 is 10.4 Å². The van der Waals surface area contributed by atoms with Gasteiger partial charge in [-0.05, 0) is 6.07 Å². The summed E-state index contributed by atoms with van der Waals surface area (Å²) in [4.78, 5) is 0. The summed E-state index contributed by atoms with van der Waals surface area (Å²) in [7, 11) is 0. The van der Waals surface area contributed by atoms with Crippen LogP contribution in [0.5, 0.6) is 0 Å². The number of benzene rings is 1. The van der Waals surface area contributed by atoms with Crippen LogP contribution in [0.3, 0.4) is 0 Å². The summed E-state index contributed by atoms with van der Waals surface area (Å²) in [5, 5.41) is 23.2. The van der Waals surface area contributed by atoms with Crippen LogP contribution in [-0.4, -0.2) is 22.8 Å². The topological polar surface area (TPSA) is 72.9 Å². The van der Waals surface area contributed by atoms with Crippen LogP contribution in [-0.2, 0) is 13.1 Å². The molecule has 0 bridgehead atoms. The Morgan fingerprint density at radius 3 is 1.50 bits per heavy atom. The number of pyridine rings is 2. The molecule has 0 aliphatic carbocycles. The molecule has 0 radical (unpaired) electrons. The van der Waals surface area contributed by atoms with E-state index in [9.17, 15) is 0 Å². The average Bonchev–Trinajstić information content (AvgIpc) is 2.66. The van der Waals surface area contributed by atoms with Crippen molar-refractivity contribution in [1.82, 2.24) is 0 Å². The third kappa shape index (κ3) is 4.73. The van der Waals surface area contributed by atoms with Crippen molar-refractivity contribution in [2.45, 2.75) is 13.1 Å². The minimum absolute atomic E-state index is 0.765. The lowest BCUT2D eigenvalue weighted by atomic mass is 10.1. The average molecular weight is 348 g/mol. The van der Waals surface area contributed by atoms with Gasteiger partial charge in [-0.15, -0.1) is 0 Å². The number of rotatable bonds is 6. The quantitative estimate of drug-likeness (QED) is 0.309. The Labute approximate surface area is 151 Å². The highest BCUT2D eigenvalue weighted by atomic mass is 16.4. The van der Waals surface area contributed by atoms with E-state index < -0.39 is 0 Å². The van der Waals surface area contributed by atoms with E-state index in [2.05, 4.69) is 43.7 Å². The lowest BCUT2D eigenvalue weighted by Gasteiger charge is -2.02. The molecule has 0 spiro atoms. The van der Waals surface area contributed by atoms with Gasteiger partial charge in [0.1, 0.15) is 0 Å². The van der Waals surface area contributed by atoms with Crippen molar-refractivity contribution >= 4 is 12.4 Å².